The van der Waals surface area contributed by atoms with Gasteiger partial charge in [0.05, 0.1) is 46.8 Å². The highest BCUT2D eigenvalue weighted by molar-refractivity contribution is 5.69. The van der Waals surface area contributed by atoms with Gasteiger partial charge in [0.2, 0.25) is 0 Å². The van der Waals surface area contributed by atoms with Crippen LogP contribution in [0.4, 0.5) is 0 Å². The van der Waals surface area contributed by atoms with Gasteiger partial charge in [-0.15, -0.1) is 0 Å². The van der Waals surface area contributed by atoms with Crippen LogP contribution in [0.3, 0.4) is 0 Å². The topological polar surface area (TPSA) is 84.5 Å². The second-order valence-corrected chi connectivity index (χ2v) is 10.2. The number of nitrogens with one attached hydrogen (secondary N) is 1. The monoisotopic (exact) mass is 577 g/mol. The van der Waals surface area contributed by atoms with Crippen molar-refractivity contribution >= 4 is 5.97 Å². The van der Waals surface area contributed by atoms with E-state index < -0.39 is 0 Å². The molecule has 0 saturated carbocycles. The minimum Gasteiger partial charge on any atom is -0.496 e. The maximum Gasteiger partial charge on any atom is 0.305 e. The van der Waals surface area contributed by atoms with Crippen molar-refractivity contribution < 1.29 is 33.2 Å². The largest absolute Gasteiger partial charge is 0.496 e. The standard InChI is InChI=1S/C34H43NO7/c1-37-31-10-5-4-9-28(31)25-39-20-7-21-40-29-15-12-26(13-16-29)30-18-19-35-24-33(30)42-23-22-41-32-11-6-3-8-27(32)14-17-34(36)38-2/h3-6,8-13,15-16,30,33,35H,7,14,17-25H2,1-2H3. The fourth-order valence-corrected chi connectivity index (χ4v) is 5.09. The van der Waals surface area contributed by atoms with Crippen molar-refractivity contribution in [3.05, 3.63) is 89.5 Å². The molecule has 1 fully saturated rings. The summed E-state index contributed by atoms with van der Waals surface area (Å²) in [5.74, 6) is 2.56. The van der Waals surface area contributed by atoms with Crippen molar-refractivity contribution in [1.82, 2.24) is 5.32 Å². The number of methoxy groups -OCH3 is 2. The van der Waals surface area contributed by atoms with Crippen molar-refractivity contribution in [2.45, 2.75) is 44.3 Å². The summed E-state index contributed by atoms with van der Waals surface area (Å²) >= 11 is 0. The summed E-state index contributed by atoms with van der Waals surface area (Å²) < 4.78 is 34.2. The highest BCUT2D eigenvalue weighted by Gasteiger charge is 2.27. The van der Waals surface area contributed by atoms with Crippen molar-refractivity contribution in [3.8, 4) is 17.2 Å². The average Bonchev–Trinajstić information content (AvgIpc) is 3.04. The van der Waals surface area contributed by atoms with Gasteiger partial charge < -0.3 is 33.7 Å². The quantitative estimate of drug-likeness (QED) is 0.170. The number of para-hydroxylation sites is 2. The van der Waals surface area contributed by atoms with E-state index in [9.17, 15) is 4.79 Å². The Morgan fingerprint density at radius 2 is 1.60 bits per heavy atom. The molecular weight excluding hydrogens is 534 g/mol. The molecule has 2 atom stereocenters. The van der Waals surface area contributed by atoms with Gasteiger partial charge in [-0.25, -0.2) is 0 Å². The van der Waals surface area contributed by atoms with E-state index in [1.807, 2.05) is 60.7 Å². The summed E-state index contributed by atoms with van der Waals surface area (Å²) in [7, 11) is 3.08. The number of piperidine rings is 1. The molecule has 0 spiro atoms. The zero-order chi connectivity index (χ0) is 29.4. The minimum atomic E-state index is -0.227. The van der Waals surface area contributed by atoms with Crippen molar-refractivity contribution in [1.29, 1.82) is 0 Å². The fourth-order valence-electron chi connectivity index (χ4n) is 5.09. The second-order valence-electron chi connectivity index (χ2n) is 10.2. The van der Waals surface area contributed by atoms with Gasteiger partial charge in [0, 0.05) is 30.9 Å². The molecule has 8 heteroatoms. The SMILES string of the molecule is COC(=O)CCc1ccccc1OCCOC1CNCCC1c1ccc(OCCCOCc2ccccc2OC)cc1. The molecule has 0 amide bonds. The molecule has 1 N–H and O–H groups in total. The lowest BCUT2D eigenvalue weighted by atomic mass is 9.88. The van der Waals surface area contributed by atoms with E-state index in [1.165, 1.54) is 12.7 Å². The molecule has 3 aromatic carbocycles. The van der Waals surface area contributed by atoms with Crippen LogP contribution < -0.4 is 19.5 Å². The molecule has 0 bridgehead atoms. The number of ether oxygens (including phenoxy) is 6. The van der Waals surface area contributed by atoms with E-state index in [1.54, 1.807) is 7.11 Å². The average molecular weight is 578 g/mol. The molecule has 1 heterocycles. The van der Waals surface area contributed by atoms with Crippen LogP contribution in [0.2, 0.25) is 0 Å². The van der Waals surface area contributed by atoms with E-state index >= 15 is 0 Å². The van der Waals surface area contributed by atoms with Crippen LogP contribution in [-0.4, -0.2) is 65.8 Å². The predicted molar refractivity (Wildman–Crippen MR) is 161 cm³/mol. The molecule has 0 aliphatic carbocycles. The van der Waals surface area contributed by atoms with E-state index in [0.29, 0.717) is 51.8 Å². The molecule has 2 unspecified atom stereocenters. The lowest BCUT2D eigenvalue weighted by molar-refractivity contribution is -0.140. The molecule has 3 aromatic rings. The number of hydrogen-bond acceptors (Lipinski definition) is 8. The summed E-state index contributed by atoms with van der Waals surface area (Å²) in [5, 5.41) is 3.45. The summed E-state index contributed by atoms with van der Waals surface area (Å²) in [6, 6.07) is 24.1. The first-order valence-electron chi connectivity index (χ1n) is 14.7. The summed E-state index contributed by atoms with van der Waals surface area (Å²) in [6.07, 6.45) is 2.77. The number of benzene rings is 3. The first-order chi connectivity index (χ1) is 20.7. The third kappa shape index (κ3) is 9.76. The number of esters is 1. The van der Waals surface area contributed by atoms with Crippen LogP contribution in [-0.2, 0) is 32.0 Å². The highest BCUT2D eigenvalue weighted by atomic mass is 16.5. The maximum absolute atomic E-state index is 11.5. The van der Waals surface area contributed by atoms with Gasteiger partial charge in [-0.3, -0.25) is 4.79 Å². The number of rotatable bonds is 17. The lowest BCUT2D eigenvalue weighted by Crippen LogP contribution is -2.41. The van der Waals surface area contributed by atoms with Gasteiger partial charge in [0.15, 0.2) is 0 Å². The van der Waals surface area contributed by atoms with Gasteiger partial charge in [0.1, 0.15) is 23.9 Å². The fraction of sp³-hybridized carbons (Fsp3) is 0.441. The van der Waals surface area contributed by atoms with Crippen molar-refractivity contribution in [2.24, 2.45) is 0 Å². The minimum absolute atomic E-state index is 0.0593. The zero-order valence-electron chi connectivity index (χ0n) is 24.7. The number of hydrogen-bond donors (Lipinski definition) is 1. The van der Waals surface area contributed by atoms with E-state index in [0.717, 1.165) is 54.3 Å². The number of aryl methyl sites for hydroxylation is 1. The van der Waals surface area contributed by atoms with Gasteiger partial charge in [-0.2, -0.15) is 0 Å². The molecule has 4 rings (SSSR count). The van der Waals surface area contributed by atoms with Crippen LogP contribution >= 0.6 is 0 Å². The Morgan fingerprint density at radius 1 is 0.833 bits per heavy atom. The second kappa shape index (κ2) is 17.4. The molecule has 0 aromatic heterocycles. The van der Waals surface area contributed by atoms with Crippen LogP contribution in [0.15, 0.2) is 72.8 Å². The Balaban J connectivity index is 1.17. The Hall–Kier alpha value is -3.59. The number of carbonyl (C=O) groups excluding carboxylic acids is 1. The van der Waals surface area contributed by atoms with Crippen LogP contribution in [0.25, 0.3) is 0 Å². The number of carbonyl (C=O) groups is 1. The van der Waals surface area contributed by atoms with Crippen LogP contribution in [0.1, 0.15) is 41.9 Å². The molecule has 8 nitrogen and oxygen atoms in total. The van der Waals surface area contributed by atoms with Gasteiger partial charge in [-0.1, -0.05) is 48.5 Å². The Kier molecular flexibility index (Phi) is 13.0. The summed E-state index contributed by atoms with van der Waals surface area (Å²) in [6.45, 7) is 4.41. The molecule has 42 heavy (non-hydrogen) atoms. The Labute approximate surface area is 249 Å². The van der Waals surface area contributed by atoms with Crippen molar-refractivity contribution in [3.63, 3.8) is 0 Å². The lowest BCUT2D eigenvalue weighted by Gasteiger charge is -2.32. The first kappa shape index (κ1) is 31.3. The Bertz CT molecular complexity index is 1220. The van der Waals surface area contributed by atoms with Gasteiger partial charge in [-0.05, 0) is 54.8 Å². The maximum atomic E-state index is 11.5. The van der Waals surface area contributed by atoms with Crippen molar-refractivity contribution in [2.75, 3.05) is 53.7 Å². The predicted octanol–water partition coefficient (Wildman–Crippen LogP) is 5.33. The summed E-state index contributed by atoms with van der Waals surface area (Å²) in [5.41, 5.74) is 3.29. The molecular formula is C34H43NO7. The van der Waals surface area contributed by atoms with Crippen LogP contribution in [0, 0.1) is 0 Å². The summed E-state index contributed by atoms with van der Waals surface area (Å²) in [4.78, 5) is 11.5. The third-order valence-corrected chi connectivity index (χ3v) is 7.36. The van der Waals surface area contributed by atoms with Crippen LogP contribution in [0.5, 0.6) is 17.2 Å². The smallest absolute Gasteiger partial charge is 0.305 e. The molecule has 226 valence electrons. The first-order valence-corrected chi connectivity index (χ1v) is 14.7. The Morgan fingerprint density at radius 3 is 2.38 bits per heavy atom. The van der Waals surface area contributed by atoms with E-state index in [4.69, 9.17) is 28.4 Å². The van der Waals surface area contributed by atoms with E-state index in [-0.39, 0.29) is 12.1 Å². The van der Waals surface area contributed by atoms with Gasteiger partial charge >= 0.3 is 5.97 Å². The van der Waals surface area contributed by atoms with E-state index in [2.05, 4.69) is 17.4 Å². The molecule has 1 saturated heterocycles. The molecule has 1 aliphatic rings. The third-order valence-electron chi connectivity index (χ3n) is 7.36. The normalized spacial score (nSPS) is 16.5. The van der Waals surface area contributed by atoms with Gasteiger partial charge in [0.25, 0.3) is 0 Å². The highest BCUT2D eigenvalue weighted by Crippen LogP contribution is 2.29. The molecule has 1 aliphatic heterocycles. The zero-order valence-corrected chi connectivity index (χ0v) is 24.7. The molecule has 0 radical (unpaired) electrons.